The van der Waals surface area contributed by atoms with Crippen LogP contribution >= 0.6 is 0 Å². The normalized spacial score (nSPS) is 27.8. The monoisotopic (exact) mass is 442 g/mol. The number of rotatable bonds is 8. The number of nitrogens with one attached hydrogen (secondary N) is 1. The number of carbonyl (C=O) groups excluding carboxylic acids is 3. The van der Waals surface area contributed by atoms with Gasteiger partial charge in [0.15, 0.2) is 14.1 Å². The lowest BCUT2D eigenvalue weighted by Crippen LogP contribution is -2.64. The van der Waals surface area contributed by atoms with Crippen LogP contribution in [0.15, 0.2) is 12.7 Å². The van der Waals surface area contributed by atoms with Gasteiger partial charge in [-0.05, 0) is 25.1 Å². The molecule has 5 atom stereocenters. The van der Waals surface area contributed by atoms with E-state index >= 15 is 0 Å². The highest BCUT2D eigenvalue weighted by atomic mass is 28.4. The molecular weight excluding hydrogens is 407 g/mol. The summed E-state index contributed by atoms with van der Waals surface area (Å²) >= 11 is 0. The zero-order chi connectivity index (χ0) is 22.9. The van der Waals surface area contributed by atoms with Crippen molar-refractivity contribution in [2.75, 3.05) is 13.2 Å². The first-order valence-corrected chi connectivity index (χ1v) is 13.4. The smallest absolute Gasteiger partial charge is 0.410 e. The van der Waals surface area contributed by atoms with Crippen LogP contribution in [0.25, 0.3) is 0 Å². The first-order chi connectivity index (χ1) is 13.8. The van der Waals surface area contributed by atoms with Crippen molar-refractivity contribution in [1.82, 2.24) is 10.2 Å². The Labute approximate surface area is 179 Å². The Morgan fingerprint density at radius 1 is 1.40 bits per heavy atom. The minimum absolute atomic E-state index is 0.000907. The number of alkyl halides is 1. The molecule has 0 radical (unpaired) electrons. The van der Waals surface area contributed by atoms with Crippen LogP contribution in [0.4, 0.5) is 9.18 Å². The lowest BCUT2D eigenvalue weighted by molar-refractivity contribution is -0.141. The standard InChI is InChI=1S/C21H35FN2O5Si/c1-8-9-28-20(27)24-12-14(22)10-16(24)17(25)11-15-18(19(26)23-15)13(2)29-30(6,7)21(3,4)5/h8,13-16,18H,1,9-12H2,2-7H3,(H,23,26)/t13-,14?,15-,16+,18-/m1/s1. The van der Waals surface area contributed by atoms with E-state index in [1.54, 1.807) is 0 Å². The maximum absolute atomic E-state index is 14.0. The molecule has 1 unspecified atom stereocenters. The van der Waals surface area contributed by atoms with Crippen molar-refractivity contribution in [2.24, 2.45) is 5.92 Å². The molecule has 170 valence electrons. The molecule has 2 saturated heterocycles. The third-order valence-corrected chi connectivity index (χ3v) is 11.0. The van der Waals surface area contributed by atoms with E-state index in [0.717, 1.165) is 4.90 Å². The molecule has 0 bridgehead atoms. The van der Waals surface area contributed by atoms with Crippen molar-refractivity contribution in [3.63, 3.8) is 0 Å². The van der Waals surface area contributed by atoms with Crippen LogP contribution in [0.2, 0.25) is 18.1 Å². The number of hydrogen-bond acceptors (Lipinski definition) is 5. The van der Waals surface area contributed by atoms with Crippen molar-refractivity contribution in [1.29, 1.82) is 0 Å². The van der Waals surface area contributed by atoms with Gasteiger partial charge in [-0.3, -0.25) is 14.5 Å². The Kier molecular flexibility index (Phi) is 7.50. The molecule has 0 aliphatic carbocycles. The van der Waals surface area contributed by atoms with Gasteiger partial charge in [0.2, 0.25) is 5.91 Å². The van der Waals surface area contributed by atoms with E-state index < -0.39 is 32.5 Å². The molecule has 0 aromatic carbocycles. The summed E-state index contributed by atoms with van der Waals surface area (Å²) in [7, 11) is -2.08. The minimum Gasteiger partial charge on any atom is -0.445 e. The molecule has 9 heteroatoms. The van der Waals surface area contributed by atoms with Crippen LogP contribution in [0.1, 0.15) is 40.5 Å². The summed E-state index contributed by atoms with van der Waals surface area (Å²) in [5.41, 5.74) is 0. The minimum atomic E-state index is -2.08. The van der Waals surface area contributed by atoms with Crippen LogP contribution in [0.5, 0.6) is 0 Å². The van der Waals surface area contributed by atoms with E-state index in [2.05, 4.69) is 45.8 Å². The number of carbonyl (C=O) groups is 3. The number of amides is 2. The third kappa shape index (κ3) is 5.29. The summed E-state index contributed by atoms with van der Waals surface area (Å²) in [6, 6.07) is -1.26. The molecule has 0 spiro atoms. The molecular formula is C21H35FN2O5Si. The Morgan fingerprint density at radius 2 is 2.03 bits per heavy atom. The van der Waals surface area contributed by atoms with Crippen molar-refractivity contribution >= 4 is 26.1 Å². The van der Waals surface area contributed by atoms with Crippen LogP contribution in [-0.2, 0) is 18.8 Å². The van der Waals surface area contributed by atoms with Crippen LogP contribution in [0.3, 0.4) is 0 Å². The van der Waals surface area contributed by atoms with Gasteiger partial charge in [-0.1, -0.05) is 33.4 Å². The zero-order valence-corrected chi connectivity index (χ0v) is 19.9. The Balaban J connectivity index is 2.02. The van der Waals surface area contributed by atoms with Crippen LogP contribution in [0, 0.1) is 5.92 Å². The molecule has 1 N–H and O–H groups in total. The number of Topliss-reactive ketones (excluding diaryl/α,β-unsaturated/α-hetero) is 1. The van der Waals surface area contributed by atoms with Crippen LogP contribution in [-0.4, -0.2) is 68.5 Å². The first kappa shape index (κ1) is 24.5. The lowest BCUT2D eigenvalue weighted by Gasteiger charge is -2.45. The second-order valence-corrected chi connectivity index (χ2v) is 14.5. The fraction of sp³-hybridized carbons (Fsp3) is 0.762. The van der Waals surface area contributed by atoms with Gasteiger partial charge in [0.1, 0.15) is 12.8 Å². The number of hydrogen-bond donors (Lipinski definition) is 1. The molecule has 0 aromatic rings. The zero-order valence-electron chi connectivity index (χ0n) is 18.9. The molecule has 2 amide bonds. The van der Waals surface area contributed by atoms with E-state index in [1.165, 1.54) is 6.08 Å². The molecule has 2 rings (SSSR count). The average molecular weight is 443 g/mol. The molecule has 2 aliphatic rings. The number of likely N-dealkylation sites (tertiary alicyclic amines) is 1. The van der Waals surface area contributed by atoms with E-state index in [4.69, 9.17) is 9.16 Å². The van der Waals surface area contributed by atoms with Gasteiger partial charge in [0.05, 0.1) is 24.6 Å². The number of β-lactam (4-membered cyclic amide) rings is 1. The quantitative estimate of drug-likeness (QED) is 0.354. The van der Waals surface area contributed by atoms with Gasteiger partial charge >= 0.3 is 6.09 Å². The maximum Gasteiger partial charge on any atom is 0.410 e. The summed E-state index contributed by atoms with van der Waals surface area (Å²) in [5.74, 6) is -0.858. The van der Waals surface area contributed by atoms with Crippen LogP contribution < -0.4 is 5.32 Å². The Hall–Kier alpha value is -1.74. The van der Waals surface area contributed by atoms with E-state index in [1.807, 2.05) is 6.92 Å². The third-order valence-electron chi connectivity index (χ3n) is 6.46. The summed E-state index contributed by atoms with van der Waals surface area (Å²) in [4.78, 5) is 38.4. The molecule has 2 fully saturated rings. The van der Waals surface area contributed by atoms with Gasteiger partial charge in [-0.2, -0.15) is 0 Å². The summed E-state index contributed by atoms with van der Waals surface area (Å²) in [5, 5.41) is 2.78. The number of ether oxygens (including phenoxy) is 1. The molecule has 2 aliphatic heterocycles. The predicted molar refractivity (Wildman–Crippen MR) is 114 cm³/mol. The second kappa shape index (κ2) is 9.17. The average Bonchev–Trinajstić information content (AvgIpc) is 2.99. The maximum atomic E-state index is 14.0. The summed E-state index contributed by atoms with van der Waals surface area (Å²) < 4.78 is 25.3. The Morgan fingerprint density at radius 3 is 2.57 bits per heavy atom. The highest BCUT2D eigenvalue weighted by molar-refractivity contribution is 6.74. The highest BCUT2D eigenvalue weighted by Gasteiger charge is 2.49. The van der Waals surface area contributed by atoms with Crippen molar-refractivity contribution in [3.8, 4) is 0 Å². The van der Waals surface area contributed by atoms with E-state index in [9.17, 15) is 18.8 Å². The molecule has 30 heavy (non-hydrogen) atoms. The highest BCUT2D eigenvalue weighted by Crippen LogP contribution is 2.39. The van der Waals surface area contributed by atoms with Gasteiger partial charge in [-0.25, -0.2) is 9.18 Å². The number of nitrogens with zero attached hydrogens (tertiary/aromatic N) is 1. The molecule has 0 aromatic heterocycles. The number of halogens is 1. The molecule has 7 nitrogen and oxygen atoms in total. The lowest BCUT2D eigenvalue weighted by atomic mass is 9.82. The fourth-order valence-electron chi connectivity index (χ4n) is 3.75. The Bertz CT molecular complexity index is 693. The predicted octanol–water partition coefficient (Wildman–Crippen LogP) is 3.21. The SMILES string of the molecule is C=CCOC(=O)N1CC(F)C[C@H]1C(=O)C[C@H]1NC(=O)[C@@H]1[C@@H](C)O[Si](C)(C)C(C)(C)C. The van der Waals surface area contributed by atoms with Gasteiger partial charge in [-0.15, -0.1) is 0 Å². The van der Waals surface area contributed by atoms with E-state index in [0.29, 0.717) is 0 Å². The molecule has 2 heterocycles. The largest absolute Gasteiger partial charge is 0.445 e. The number of ketones is 1. The van der Waals surface area contributed by atoms with Crippen molar-refractivity contribution < 1.29 is 27.9 Å². The van der Waals surface area contributed by atoms with Gasteiger partial charge < -0.3 is 14.5 Å². The van der Waals surface area contributed by atoms with Gasteiger partial charge in [0.25, 0.3) is 0 Å². The summed E-state index contributed by atoms with van der Waals surface area (Å²) in [6.07, 6.45) is -0.937. The topological polar surface area (TPSA) is 84.9 Å². The van der Waals surface area contributed by atoms with E-state index in [-0.39, 0.29) is 54.9 Å². The van der Waals surface area contributed by atoms with Gasteiger partial charge in [0, 0.05) is 18.9 Å². The van der Waals surface area contributed by atoms with Crippen molar-refractivity contribution in [3.05, 3.63) is 12.7 Å². The molecule has 0 saturated carbocycles. The first-order valence-electron chi connectivity index (χ1n) is 10.5. The second-order valence-electron chi connectivity index (χ2n) is 9.76. The fourth-order valence-corrected chi connectivity index (χ4v) is 5.18. The van der Waals surface area contributed by atoms with Crippen molar-refractivity contribution in [2.45, 2.75) is 83.0 Å². The summed E-state index contributed by atoms with van der Waals surface area (Å²) in [6.45, 7) is 15.8.